The van der Waals surface area contributed by atoms with Crippen molar-refractivity contribution < 1.29 is 9.53 Å². The molecule has 3 N–H and O–H groups in total. The monoisotopic (exact) mass is 275 g/mol. The predicted molar refractivity (Wildman–Crippen MR) is 78.9 cm³/mol. The van der Waals surface area contributed by atoms with Gasteiger partial charge >= 0.3 is 0 Å². The van der Waals surface area contributed by atoms with E-state index in [-0.39, 0.29) is 24.1 Å². The van der Waals surface area contributed by atoms with Gasteiger partial charge in [-0.3, -0.25) is 4.79 Å². The van der Waals surface area contributed by atoms with Crippen molar-refractivity contribution in [2.75, 3.05) is 24.3 Å². The highest BCUT2D eigenvalue weighted by molar-refractivity contribution is 5.88. The van der Waals surface area contributed by atoms with Crippen LogP contribution in [0.1, 0.15) is 19.3 Å². The van der Waals surface area contributed by atoms with E-state index in [4.69, 9.17) is 4.74 Å². The molecular formula is C15H21N3O2. The predicted octanol–water partition coefficient (Wildman–Crippen LogP) is 1.58. The second-order valence-electron chi connectivity index (χ2n) is 5.44. The highest BCUT2D eigenvalue weighted by Gasteiger charge is 2.31. The van der Waals surface area contributed by atoms with E-state index in [0.29, 0.717) is 6.54 Å². The third kappa shape index (κ3) is 2.58. The minimum Gasteiger partial charge on any atom is -0.381 e. The summed E-state index contributed by atoms with van der Waals surface area (Å²) >= 11 is 0. The summed E-state index contributed by atoms with van der Waals surface area (Å²) in [5, 5.41) is 9.69. The van der Waals surface area contributed by atoms with Crippen LogP contribution in [0.15, 0.2) is 24.3 Å². The Morgan fingerprint density at radius 3 is 2.90 bits per heavy atom. The van der Waals surface area contributed by atoms with Gasteiger partial charge in [0.05, 0.1) is 23.5 Å². The number of nitrogens with one attached hydrogen (secondary N) is 3. The summed E-state index contributed by atoms with van der Waals surface area (Å²) in [6.45, 7) is 0.604. The summed E-state index contributed by atoms with van der Waals surface area (Å²) in [6.07, 6.45) is 3.30. The molecule has 108 valence electrons. The molecule has 0 aromatic heterocycles. The Morgan fingerprint density at radius 2 is 2.10 bits per heavy atom. The zero-order valence-electron chi connectivity index (χ0n) is 11.7. The number of fused-ring (bicyclic) bond motifs is 1. The molecule has 1 fully saturated rings. The number of para-hydroxylation sites is 2. The van der Waals surface area contributed by atoms with Crippen LogP contribution in [0.25, 0.3) is 0 Å². The van der Waals surface area contributed by atoms with Crippen molar-refractivity contribution >= 4 is 17.3 Å². The largest absolute Gasteiger partial charge is 0.381 e. The van der Waals surface area contributed by atoms with Gasteiger partial charge in [0.1, 0.15) is 6.04 Å². The van der Waals surface area contributed by atoms with Gasteiger partial charge in [-0.1, -0.05) is 12.1 Å². The fourth-order valence-electron chi connectivity index (χ4n) is 3.03. The summed E-state index contributed by atoms with van der Waals surface area (Å²) in [5.41, 5.74) is 2.03. The third-order valence-electron chi connectivity index (χ3n) is 4.15. The number of anilines is 2. The third-order valence-corrected chi connectivity index (χ3v) is 4.15. The van der Waals surface area contributed by atoms with Crippen LogP contribution in [0.3, 0.4) is 0 Å². The fraction of sp³-hybridized carbons (Fsp3) is 0.533. The van der Waals surface area contributed by atoms with Crippen molar-refractivity contribution in [1.29, 1.82) is 0 Å². The van der Waals surface area contributed by atoms with Crippen LogP contribution in [0, 0.1) is 0 Å². The van der Waals surface area contributed by atoms with Crippen LogP contribution >= 0.6 is 0 Å². The quantitative estimate of drug-likeness (QED) is 0.783. The van der Waals surface area contributed by atoms with Crippen LogP contribution in [-0.4, -0.2) is 37.7 Å². The Kier molecular flexibility index (Phi) is 3.78. The molecule has 0 spiro atoms. The number of amides is 1. The molecule has 1 heterocycles. The zero-order valence-corrected chi connectivity index (χ0v) is 11.7. The Morgan fingerprint density at radius 1 is 1.30 bits per heavy atom. The van der Waals surface area contributed by atoms with Gasteiger partial charge in [-0.2, -0.15) is 0 Å². The van der Waals surface area contributed by atoms with Gasteiger partial charge in [-0.05, 0) is 31.4 Å². The molecule has 1 aromatic rings. The Bertz CT molecular complexity index is 492. The molecule has 3 atom stereocenters. The normalized spacial score (nSPS) is 28.1. The summed E-state index contributed by atoms with van der Waals surface area (Å²) < 4.78 is 5.42. The first-order valence-electron chi connectivity index (χ1n) is 7.20. The molecule has 0 saturated heterocycles. The average molecular weight is 275 g/mol. The van der Waals surface area contributed by atoms with E-state index in [1.807, 2.05) is 24.3 Å². The minimum absolute atomic E-state index is 0.0425. The first-order valence-corrected chi connectivity index (χ1v) is 7.20. The van der Waals surface area contributed by atoms with Gasteiger partial charge in [0.25, 0.3) is 0 Å². The molecule has 0 radical (unpaired) electrons. The number of hydrogen-bond donors (Lipinski definition) is 3. The summed E-state index contributed by atoms with van der Waals surface area (Å²) in [6, 6.07) is 7.85. The first-order chi connectivity index (χ1) is 9.78. The smallest absolute Gasteiger partial charge is 0.244 e. The van der Waals surface area contributed by atoms with Gasteiger partial charge < -0.3 is 20.7 Å². The maximum atomic E-state index is 12.4. The van der Waals surface area contributed by atoms with E-state index in [1.54, 1.807) is 7.11 Å². The van der Waals surface area contributed by atoms with Crippen molar-refractivity contribution in [3.05, 3.63) is 24.3 Å². The first kappa shape index (κ1) is 13.2. The molecule has 1 aliphatic carbocycles. The SMILES string of the molecule is COC1CCCC1NC(=O)C1CNc2ccccc2N1. The number of hydrogen-bond acceptors (Lipinski definition) is 4. The van der Waals surface area contributed by atoms with Gasteiger partial charge in [0.2, 0.25) is 5.91 Å². The van der Waals surface area contributed by atoms with Crippen molar-refractivity contribution in [2.24, 2.45) is 0 Å². The molecule has 1 amide bonds. The second kappa shape index (κ2) is 5.71. The van der Waals surface area contributed by atoms with Crippen molar-refractivity contribution in [2.45, 2.75) is 37.5 Å². The number of methoxy groups -OCH3 is 1. The van der Waals surface area contributed by atoms with E-state index in [0.717, 1.165) is 30.6 Å². The lowest BCUT2D eigenvalue weighted by atomic mass is 10.1. The van der Waals surface area contributed by atoms with E-state index in [2.05, 4.69) is 16.0 Å². The Balaban J connectivity index is 1.61. The molecule has 5 heteroatoms. The molecule has 3 unspecified atom stereocenters. The topological polar surface area (TPSA) is 62.4 Å². The van der Waals surface area contributed by atoms with Crippen LogP contribution in [0.4, 0.5) is 11.4 Å². The molecule has 5 nitrogen and oxygen atoms in total. The number of ether oxygens (including phenoxy) is 1. The van der Waals surface area contributed by atoms with Crippen LogP contribution < -0.4 is 16.0 Å². The van der Waals surface area contributed by atoms with E-state index in [1.165, 1.54) is 0 Å². The van der Waals surface area contributed by atoms with Gasteiger partial charge in [0.15, 0.2) is 0 Å². The average Bonchev–Trinajstić information content (AvgIpc) is 2.94. The second-order valence-corrected chi connectivity index (χ2v) is 5.44. The Hall–Kier alpha value is -1.75. The lowest BCUT2D eigenvalue weighted by Gasteiger charge is -2.29. The maximum absolute atomic E-state index is 12.4. The maximum Gasteiger partial charge on any atom is 0.244 e. The number of carbonyl (C=O) groups is 1. The van der Waals surface area contributed by atoms with Gasteiger partial charge in [0, 0.05) is 13.7 Å². The number of carbonyl (C=O) groups excluding carboxylic acids is 1. The number of rotatable bonds is 3. The van der Waals surface area contributed by atoms with Gasteiger partial charge in [-0.25, -0.2) is 0 Å². The molecule has 1 aliphatic heterocycles. The van der Waals surface area contributed by atoms with Crippen molar-refractivity contribution in [1.82, 2.24) is 5.32 Å². The molecular weight excluding hydrogens is 254 g/mol. The summed E-state index contributed by atoms with van der Waals surface area (Å²) in [5.74, 6) is 0.0425. The van der Waals surface area contributed by atoms with Crippen LogP contribution in [-0.2, 0) is 9.53 Å². The van der Waals surface area contributed by atoms with E-state index < -0.39 is 0 Å². The molecule has 2 aliphatic rings. The minimum atomic E-state index is -0.233. The Labute approximate surface area is 119 Å². The highest BCUT2D eigenvalue weighted by Crippen LogP contribution is 2.26. The molecule has 3 rings (SSSR count). The van der Waals surface area contributed by atoms with Crippen LogP contribution in [0.5, 0.6) is 0 Å². The zero-order chi connectivity index (χ0) is 13.9. The summed E-state index contributed by atoms with van der Waals surface area (Å²) in [7, 11) is 1.71. The standard InChI is InChI=1S/C15H21N3O2/c1-20-14-8-4-7-12(14)18-15(19)13-9-16-10-5-2-3-6-11(10)17-13/h2-3,5-6,12-14,16-17H,4,7-9H2,1H3,(H,18,19). The molecule has 0 bridgehead atoms. The fourth-order valence-corrected chi connectivity index (χ4v) is 3.03. The van der Waals surface area contributed by atoms with Crippen molar-refractivity contribution in [3.8, 4) is 0 Å². The molecule has 20 heavy (non-hydrogen) atoms. The van der Waals surface area contributed by atoms with E-state index in [9.17, 15) is 4.79 Å². The molecule has 1 aromatic carbocycles. The number of benzene rings is 1. The molecule has 1 saturated carbocycles. The van der Waals surface area contributed by atoms with E-state index >= 15 is 0 Å². The van der Waals surface area contributed by atoms with Gasteiger partial charge in [-0.15, -0.1) is 0 Å². The van der Waals surface area contributed by atoms with Crippen LogP contribution in [0.2, 0.25) is 0 Å². The van der Waals surface area contributed by atoms with Crippen molar-refractivity contribution in [3.63, 3.8) is 0 Å². The summed E-state index contributed by atoms with van der Waals surface area (Å²) in [4.78, 5) is 12.4. The highest BCUT2D eigenvalue weighted by atomic mass is 16.5. The lowest BCUT2D eigenvalue weighted by molar-refractivity contribution is -0.123. The lowest BCUT2D eigenvalue weighted by Crippen LogP contribution is -2.51.